The Morgan fingerprint density at radius 3 is 2.17 bits per heavy atom. The van der Waals surface area contributed by atoms with Crippen LogP contribution >= 0.6 is 0 Å². The quantitative estimate of drug-likeness (QED) is 0.497. The molecule has 0 aromatic heterocycles. The Balaban J connectivity index is 1.91. The van der Waals surface area contributed by atoms with Gasteiger partial charge in [-0.15, -0.1) is 6.58 Å². The second kappa shape index (κ2) is 5.12. The van der Waals surface area contributed by atoms with Gasteiger partial charge in [-0.3, -0.25) is 0 Å². The Bertz CT molecular complexity index is 474. The van der Waals surface area contributed by atoms with E-state index >= 15 is 0 Å². The molecule has 0 aromatic rings. The van der Waals surface area contributed by atoms with Gasteiger partial charge >= 0.3 is 0 Å². The van der Waals surface area contributed by atoms with Gasteiger partial charge in [-0.25, -0.2) is 0 Å². The van der Waals surface area contributed by atoms with Crippen LogP contribution in [0.1, 0.15) is 85.5 Å². The van der Waals surface area contributed by atoms with Gasteiger partial charge < -0.3 is 0 Å². The van der Waals surface area contributed by atoms with Crippen LogP contribution in [0.2, 0.25) is 0 Å². The molecule has 0 spiro atoms. The van der Waals surface area contributed by atoms with Gasteiger partial charge in [0.2, 0.25) is 0 Å². The molecule has 7 aliphatic rings. The van der Waals surface area contributed by atoms with Gasteiger partial charge in [-0.1, -0.05) is 33.8 Å². The monoisotopic (exact) mass is 314 g/mol. The summed E-state index contributed by atoms with van der Waals surface area (Å²) >= 11 is 0. The van der Waals surface area contributed by atoms with Crippen LogP contribution in [-0.2, 0) is 0 Å². The first-order chi connectivity index (χ1) is 11.0. The van der Waals surface area contributed by atoms with Gasteiger partial charge in [0, 0.05) is 0 Å². The molecule has 7 fully saturated rings. The highest BCUT2D eigenvalue weighted by atomic mass is 14.7. The van der Waals surface area contributed by atoms with E-state index in [1.165, 1.54) is 57.8 Å². The molecule has 4 unspecified atom stereocenters. The molecular weight excluding hydrogens is 276 g/mol. The summed E-state index contributed by atoms with van der Waals surface area (Å²) in [6, 6.07) is 0. The van der Waals surface area contributed by atoms with E-state index in [9.17, 15) is 0 Å². The van der Waals surface area contributed by atoms with Crippen molar-refractivity contribution in [3.05, 3.63) is 12.7 Å². The average Bonchev–Trinajstić information content (AvgIpc) is 3.38. The van der Waals surface area contributed by atoms with E-state index in [0.29, 0.717) is 16.2 Å². The Hall–Kier alpha value is -0.260. The average molecular weight is 315 g/mol. The Morgan fingerprint density at radius 2 is 1.70 bits per heavy atom. The summed E-state index contributed by atoms with van der Waals surface area (Å²) in [5.74, 6) is 4.56. The summed E-state index contributed by atoms with van der Waals surface area (Å²) in [6.45, 7) is 14.6. The van der Waals surface area contributed by atoms with Gasteiger partial charge in [-0.05, 0) is 104 Å². The molecule has 23 heavy (non-hydrogen) atoms. The van der Waals surface area contributed by atoms with Gasteiger partial charge in [0.05, 0.1) is 0 Å². The highest BCUT2D eigenvalue weighted by molar-refractivity contribution is 5.22. The first kappa shape index (κ1) is 16.2. The second-order valence-corrected chi connectivity index (χ2v) is 10.1. The third-order valence-electron chi connectivity index (χ3n) is 9.88. The van der Waals surface area contributed by atoms with Crippen molar-refractivity contribution in [2.45, 2.75) is 85.5 Å². The SMILES string of the molecule is C=CC1C(C2CC2)C23CCC1(CC2)C(CC)(C(C)C)CCC3C. The largest absolute Gasteiger partial charge is 0.103 e. The molecule has 4 atom stereocenters. The lowest BCUT2D eigenvalue weighted by Crippen LogP contribution is -2.65. The molecular formula is C23H38. The molecule has 7 rings (SSSR count). The lowest BCUT2D eigenvalue weighted by Gasteiger charge is -2.72. The normalized spacial score (nSPS) is 52.5. The van der Waals surface area contributed by atoms with Crippen molar-refractivity contribution in [3.8, 4) is 0 Å². The van der Waals surface area contributed by atoms with Gasteiger partial charge in [0.1, 0.15) is 0 Å². The predicted molar refractivity (Wildman–Crippen MR) is 99.2 cm³/mol. The molecule has 7 saturated carbocycles. The molecule has 0 aromatic carbocycles. The molecule has 0 nitrogen and oxygen atoms in total. The standard InChI is InChI=1S/C23H38/c1-6-19-20(18-8-9-18)21-12-14-23(19,15-13-21)22(7-2,16(3)4)11-10-17(21)5/h6,16-20H,1,7-15H2,2-5H3. The molecule has 0 amide bonds. The van der Waals surface area contributed by atoms with E-state index in [4.69, 9.17) is 0 Å². The molecule has 0 heteroatoms. The van der Waals surface area contributed by atoms with E-state index in [0.717, 1.165) is 29.6 Å². The Morgan fingerprint density at radius 1 is 1.04 bits per heavy atom. The maximum absolute atomic E-state index is 4.43. The molecule has 0 aliphatic heterocycles. The maximum Gasteiger partial charge on any atom is -0.0138 e. The van der Waals surface area contributed by atoms with E-state index in [-0.39, 0.29) is 0 Å². The molecule has 130 valence electrons. The van der Waals surface area contributed by atoms with Gasteiger partial charge in [0.15, 0.2) is 0 Å². The molecule has 2 bridgehead atoms. The zero-order valence-electron chi connectivity index (χ0n) is 16.0. The Kier molecular flexibility index (Phi) is 3.61. The van der Waals surface area contributed by atoms with Crippen molar-refractivity contribution in [2.75, 3.05) is 0 Å². The molecule has 7 aliphatic carbocycles. The third kappa shape index (κ3) is 1.79. The van der Waals surface area contributed by atoms with Crippen LogP contribution in [0, 0.1) is 45.8 Å². The highest BCUT2D eigenvalue weighted by Crippen LogP contribution is 2.77. The fraction of sp³-hybridized carbons (Fsp3) is 0.913. The zero-order valence-corrected chi connectivity index (χ0v) is 16.0. The summed E-state index contributed by atoms with van der Waals surface area (Å²) in [7, 11) is 0. The van der Waals surface area contributed by atoms with Crippen molar-refractivity contribution in [3.63, 3.8) is 0 Å². The van der Waals surface area contributed by atoms with Crippen LogP contribution in [0.4, 0.5) is 0 Å². The van der Waals surface area contributed by atoms with Crippen molar-refractivity contribution in [1.82, 2.24) is 0 Å². The second-order valence-electron chi connectivity index (χ2n) is 10.1. The Labute approximate surface area is 144 Å². The van der Waals surface area contributed by atoms with E-state index in [1.54, 1.807) is 0 Å². The summed E-state index contributed by atoms with van der Waals surface area (Å²) in [5.41, 5.74) is 1.81. The topological polar surface area (TPSA) is 0 Å². The molecule has 0 heterocycles. The van der Waals surface area contributed by atoms with Crippen LogP contribution in [0.5, 0.6) is 0 Å². The number of rotatable bonds is 4. The first-order valence-electron chi connectivity index (χ1n) is 10.6. The lowest BCUT2D eigenvalue weighted by molar-refractivity contribution is -0.228. The fourth-order valence-electron chi connectivity index (χ4n) is 8.58. The number of allylic oxidation sites excluding steroid dienone is 1. The van der Waals surface area contributed by atoms with Crippen LogP contribution in [0.3, 0.4) is 0 Å². The minimum atomic E-state index is 0.556. The first-order valence-corrected chi connectivity index (χ1v) is 10.6. The van der Waals surface area contributed by atoms with Crippen LogP contribution < -0.4 is 0 Å². The summed E-state index contributed by atoms with van der Waals surface area (Å²) in [6.07, 6.45) is 15.9. The highest BCUT2D eigenvalue weighted by Gasteiger charge is 2.70. The fourth-order valence-corrected chi connectivity index (χ4v) is 8.58. The minimum Gasteiger partial charge on any atom is -0.103 e. The third-order valence-corrected chi connectivity index (χ3v) is 9.88. The smallest absolute Gasteiger partial charge is 0.0138 e. The zero-order chi connectivity index (χ0) is 16.5. The summed E-state index contributed by atoms with van der Waals surface area (Å²) in [4.78, 5) is 0. The number of hydrogen-bond donors (Lipinski definition) is 0. The minimum absolute atomic E-state index is 0.556. The van der Waals surface area contributed by atoms with Gasteiger partial charge in [-0.2, -0.15) is 0 Å². The predicted octanol–water partition coefficient (Wildman–Crippen LogP) is 6.86. The molecule has 0 radical (unpaired) electrons. The molecule has 0 saturated heterocycles. The van der Waals surface area contributed by atoms with Crippen LogP contribution in [-0.4, -0.2) is 0 Å². The van der Waals surface area contributed by atoms with Crippen LogP contribution in [0.15, 0.2) is 12.7 Å². The van der Waals surface area contributed by atoms with Crippen molar-refractivity contribution < 1.29 is 0 Å². The maximum atomic E-state index is 4.43. The van der Waals surface area contributed by atoms with Crippen LogP contribution in [0.25, 0.3) is 0 Å². The summed E-state index contributed by atoms with van der Waals surface area (Å²) in [5, 5.41) is 0. The van der Waals surface area contributed by atoms with Crippen molar-refractivity contribution in [2.24, 2.45) is 45.8 Å². The lowest BCUT2D eigenvalue weighted by atomic mass is 9.32. The molecule has 0 N–H and O–H groups in total. The van der Waals surface area contributed by atoms with E-state index < -0.39 is 0 Å². The van der Waals surface area contributed by atoms with Crippen molar-refractivity contribution >= 4 is 0 Å². The van der Waals surface area contributed by atoms with E-state index in [1.807, 2.05) is 0 Å². The van der Waals surface area contributed by atoms with Gasteiger partial charge in [0.25, 0.3) is 0 Å². The summed E-state index contributed by atoms with van der Waals surface area (Å²) < 4.78 is 0. The van der Waals surface area contributed by atoms with E-state index in [2.05, 4.69) is 40.3 Å². The van der Waals surface area contributed by atoms with Crippen molar-refractivity contribution in [1.29, 1.82) is 0 Å². The number of hydrogen-bond acceptors (Lipinski definition) is 0.